The fourth-order valence-electron chi connectivity index (χ4n) is 3.89. The first kappa shape index (κ1) is 18.0. The van der Waals surface area contributed by atoms with Gasteiger partial charge in [-0.25, -0.2) is 0 Å². The Bertz CT molecular complexity index is 1060. The van der Waals surface area contributed by atoms with Gasteiger partial charge in [0, 0.05) is 30.9 Å². The Hall–Kier alpha value is -3.40. The molecule has 3 aromatic carbocycles. The normalized spacial score (nSPS) is 13.3. The molecule has 0 amide bonds. The highest BCUT2D eigenvalue weighted by Crippen LogP contribution is 2.46. The molecule has 4 nitrogen and oxygen atoms in total. The number of non-ortho nitro benzene ring substituents is 1. The summed E-state index contributed by atoms with van der Waals surface area (Å²) in [5, 5.41) is 11.3. The lowest BCUT2D eigenvalue weighted by atomic mass is 10.0. The van der Waals surface area contributed by atoms with E-state index in [-0.39, 0.29) is 10.6 Å². The van der Waals surface area contributed by atoms with Crippen LogP contribution in [0.15, 0.2) is 66.7 Å². The van der Waals surface area contributed by atoms with Gasteiger partial charge < -0.3 is 4.90 Å². The Labute approximate surface area is 164 Å². The van der Waals surface area contributed by atoms with Crippen molar-refractivity contribution in [3.63, 3.8) is 0 Å². The van der Waals surface area contributed by atoms with Gasteiger partial charge in [0.2, 0.25) is 0 Å². The summed E-state index contributed by atoms with van der Waals surface area (Å²) in [6.45, 7) is 6.25. The number of hydrogen-bond donors (Lipinski definition) is 0. The van der Waals surface area contributed by atoms with E-state index in [1.54, 1.807) is 12.1 Å². The molecular formula is C24H22N2O2. The lowest BCUT2D eigenvalue weighted by Crippen LogP contribution is -2.21. The van der Waals surface area contributed by atoms with Crippen LogP contribution < -0.4 is 4.90 Å². The average molecular weight is 370 g/mol. The van der Waals surface area contributed by atoms with Crippen LogP contribution in [0.3, 0.4) is 0 Å². The predicted molar refractivity (Wildman–Crippen MR) is 116 cm³/mol. The maximum atomic E-state index is 11.3. The molecule has 0 saturated heterocycles. The summed E-state index contributed by atoms with van der Waals surface area (Å²) in [4.78, 5) is 13.3. The molecule has 140 valence electrons. The van der Waals surface area contributed by atoms with Crippen LogP contribution in [-0.4, -0.2) is 18.0 Å². The quantitative estimate of drug-likeness (QED) is 0.319. The lowest BCUT2D eigenvalue weighted by molar-refractivity contribution is -0.384. The fraction of sp³-hybridized carbons (Fsp3) is 0.167. The van der Waals surface area contributed by atoms with Crippen molar-refractivity contribution in [1.29, 1.82) is 0 Å². The van der Waals surface area contributed by atoms with Gasteiger partial charge in [-0.2, -0.15) is 0 Å². The van der Waals surface area contributed by atoms with E-state index in [1.165, 1.54) is 5.69 Å². The van der Waals surface area contributed by atoms with E-state index in [0.717, 1.165) is 46.5 Å². The van der Waals surface area contributed by atoms with Crippen LogP contribution in [0.2, 0.25) is 0 Å². The summed E-state index contributed by atoms with van der Waals surface area (Å²) in [5.41, 5.74) is 7.65. The van der Waals surface area contributed by atoms with Crippen LogP contribution in [0, 0.1) is 10.1 Å². The minimum atomic E-state index is -0.334. The molecule has 0 bridgehead atoms. The Morgan fingerprint density at radius 3 is 2.14 bits per heavy atom. The Kier molecular flexibility index (Phi) is 4.70. The van der Waals surface area contributed by atoms with Crippen molar-refractivity contribution in [3.8, 4) is 11.1 Å². The van der Waals surface area contributed by atoms with E-state index in [0.29, 0.717) is 0 Å². The molecule has 28 heavy (non-hydrogen) atoms. The topological polar surface area (TPSA) is 46.4 Å². The number of hydrogen-bond acceptors (Lipinski definition) is 3. The van der Waals surface area contributed by atoms with Gasteiger partial charge in [0.15, 0.2) is 0 Å². The van der Waals surface area contributed by atoms with Crippen LogP contribution in [-0.2, 0) is 0 Å². The van der Waals surface area contributed by atoms with Crippen molar-refractivity contribution in [2.45, 2.75) is 13.8 Å². The van der Waals surface area contributed by atoms with Crippen LogP contribution in [0.5, 0.6) is 0 Å². The Morgan fingerprint density at radius 2 is 1.50 bits per heavy atom. The smallest absolute Gasteiger partial charge is 0.270 e. The SMILES string of the molecule is CCN(CC)c1ccc(C=C2c3ccccc3-c3ccc([N+](=O)[O-])cc32)cc1. The number of nitro benzene ring substituents is 1. The second kappa shape index (κ2) is 7.31. The zero-order chi connectivity index (χ0) is 19.7. The van der Waals surface area contributed by atoms with Gasteiger partial charge in [-0.15, -0.1) is 0 Å². The highest BCUT2D eigenvalue weighted by atomic mass is 16.6. The summed E-state index contributed by atoms with van der Waals surface area (Å²) < 4.78 is 0. The van der Waals surface area contributed by atoms with Gasteiger partial charge in [-0.3, -0.25) is 10.1 Å². The Morgan fingerprint density at radius 1 is 0.857 bits per heavy atom. The summed E-state index contributed by atoms with van der Waals surface area (Å²) in [7, 11) is 0. The van der Waals surface area contributed by atoms with E-state index in [2.05, 4.69) is 61.2 Å². The predicted octanol–water partition coefficient (Wildman–Crippen LogP) is 6.01. The number of nitro groups is 1. The van der Waals surface area contributed by atoms with Crippen LogP contribution in [0.1, 0.15) is 30.5 Å². The molecule has 3 aromatic rings. The molecule has 0 saturated carbocycles. The largest absolute Gasteiger partial charge is 0.372 e. The van der Waals surface area contributed by atoms with Crippen LogP contribution in [0.4, 0.5) is 11.4 Å². The zero-order valence-corrected chi connectivity index (χ0v) is 16.1. The first-order chi connectivity index (χ1) is 13.6. The minimum Gasteiger partial charge on any atom is -0.372 e. The maximum Gasteiger partial charge on any atom is 0.270 e. The van der Waals surface area contributed by atoms with Gasteiger partial charge in [0.1, 0.15) is 0 Å². The van der Waals surface area contributed by atoms with E-state index < -0.39 is 0 Å². The molecule has 4 rings (SSSR count). The minimum absolute atomic E-state index is 0.120. The molecule has 0 heterocycles. The van der Waals surface area contributed by atoms with Gasteiger partial charge >= 0.3 is 0 Å². The van der Waals surface area contributed by atoms with E-state index in [4.69, 9.17) is 0 Å². The van der Waals surface area contributed by atoms with Crippen molar-refractivity contribution >= 4 is 23.0 Å². The monoisotopic (exact) mass is 370 g/mol. The van der Waals surface area contributed by atoms with Crippen molar-refractivity contribution in [2.24, 2.45) is 0 Å². The highest BCUT2D eigenvalue weighted by molar-refractivity contribution is 6.07. The number of fused-ring (bicyclic) bond motifs is 3. The third-order valence-corrected chi connectivity index (χ3v) is 5.34. The van der Waals surface area contributed by atoms with Crippen molar-refractivity contribution in [3.05, 3.63) is 93.5 Å². The molecule has 0 unspecified atom stereocenters. The number of nitrogens with zero attached hydrogens (tertiary/aromatic N) is 2. The molecule has 0 spiro atoms. The number of anilines is 1. The summed E-state index contributed by atoms with van der Waals surface area (Å²) >= 11 is 0. The molecule has 1 aliphatic rings. The molecule has 0 N–H and O–H groups in total. The van der Waals surface area contributed by atoms with E-state index in [1.807, 2.05) is 18.2 Å². The fourth-order valence-corrected chi connectivity index (χ4v) is 3.89. The average Bonchev–Trinajstić information content (AvgIpc) is 3.03. The van der Waals surface area contributed by atoms with E-state index in [9.17, 15) is 10.1 Å². The standard InChI is InChI=1S/C24H22N2O2/c1-3-25(4-2)18-11-9-17(10-12-18)15-23-21-8-6-5-7-20(21)22-14-13-19(26(27)28)16-24(22)23/h5-16H,3-4H2,1-2H3. The van der Waals surface area contributed by atoms with Gasteiger partial charge in [-0.1, -0.05) is 36.4 Å². The number of rotatable bonds is 5. The van der Waals surface area contributed by atoms with Crippen molar-refractivity contribution in [1.82, 2.24) is 0 Å². The maximum absolute atomic E-state index is 11.3. The molecule has 0 atom stereocenters. The lowest BCUT2D eigenvalue weighted by Gasteiger charge is -2.20. The zero-order valence-electron chi connectivity index (χ0n) is 16.1. The van der Waals surface area contributed by atoms with Crippen LogP contribution in [0.25, 0.3) is 22.8 Å². The molecule has 4 heteroatoms. The van der Waals surface area contributed by atoms with Gasteiger partial charge in [-0.05, 0) is 71.5 Å². The molecule has 0 aromatic heterocycles. The summed E-state index contributed by atoms with van der Waals surface area (Å²) in [6, 6.07) is 21.8. The molecule has 1 aliphatic carbocycles. The summed E-state index contributed by atoms with van der Waals surface area (Å²) in [6.07, 6.45) is 2.13. The van der Waals surface area contributed by atoms with Crippen molar-refractivity contribution in [2.75, 3.05) is 18.0 Å². The summed E-state index contributed by atoms with van der Waals surface area (Å²) in [5.74, 6) is 0. The van der Waals surface area contributed by atoms with Crippen LogP contribution >= 0.6 is 0 Å². The van der Waals surface area contributed by atoms with Crippen molar-refractivity contribution < 1.29 is 4.92 Å². The molecule has 0 radical (unpaired) electrons. The first-order valence-electron chi connectivity index (χ1n) is 9.57. The van der Waals surface area contributed by atoms with E-state index >= 15 is 0 Å². The highest BCUT2D eigenvalue weighted by Gasteiger charge is 2.25. The number of benzene rings is 3. The van der Waals surface area contributed by atoms with Gasteiger partial charge in [0.25, 0.3) is 5.69 Å². The second-order valence-corrected chi connectivity index (χ2v) is 6.85. The second-order valence-electron chi connectivity index (χ2n) is 6.85. The molecular weight excluding hydrogens is 348 g/mol. The Balaban J connectivity index is 1.81. The molecule has 0 fully saturated rings. The molecule has 0 aliphatic heterocycles. The first-order valence-corrected chi connectivity index (χ1v) is 9.57. The third kappa shape index (κ3) is 3.07. The van der Waals surface area contributed by atoms with Gasteiger partial charge in [0.05, 0.1) is 4.92 Å². The third-order valence-electron chi connectivity index (χ3n) is 5.34.